The van der Waals surface area contributed by atoms with E-state index in [0.29, 0.717) is 18.7 Å². The lowest BCUT2D eigenvalue weighted by Gasteiger charge is -2.27. The zero-order valence-corrected chi connectivity index (χ0v) is 14.3. The van der Waals surface area contributed by atoms with Gasteiger partial charge in [0.2, 0.25) is 0 Å². The van der Waals surface area contributed by atoms with E-state index in [1.165, 1.54) is 6.42 Å². The summed E-state index contributed by atoms with van der Waals surface area (Å²) in [5, 5.41) is 13.5. The number of aliphatic hydroxyl groups excluding tert-OH is 1. The monoisotopic (exact) mass is 341 g/mol. The standard InChI is InChI=1S/C18H23N5O2/c24-9-8-23-16-13-22(12-15(16)11-20-23)17-10-14(4-5-19-17)18(25)21-6-2-1-3-7-21/h4-5,10-11,24H,1-3,6-9,12-13H2. The van der Waals surface area contributed by atoms with E-state index in [9.17, 15) is 4.79 Å². The molecule has 132 valence electrons. The van der Waals surface area contributed by atoms with E-state index in [-0.39, 0.29) is 12.5 Å². The molecule has 0 radical (unpaired) electrons. The quantitative estimate of drug-likeness (QED) is 0.910. The predicted molar refractivity (Wildman–Crippen MR) is 93.2 cm³/mol. The second kappa shape index (κ2) is 6.84. The molecule has 0 unspecified atom stereocenters. The highest BCUT2D eigenvalue weighted by atomic mass is 16.3. The van der Waals surface area contributed by atoms with Crippen LogP contribution in [0.5, 0.6) is 0 Å². The molecule has 1 fully saturated rings. The maximum atomic E-state index is 12.7. The Kier molecular flexibility index (Phi) is 4.40. The van der Waals surface area contributed by atoms with Crippen LogP contribution in [0.3, 0.4) is 0 Å². The molecule has 2 aliphatic heterocycles. The molecular formula is C18H23N5O2. The molecule has 1 amide bonds. The van der Waals surface area contributed by atoms with E-state index in [1.54, 1.807) is 12.3 Å². The Labute approximate surface area is 146 Å². The number of aliphatic hydroxyl groups is 1. The first-order valence-electron chi connectivity index (χ1n) is 8.91. The SMILES string of the molecule is O=C(c1ccnc(N2Cc3cnn(CCO)c3C2)c1)N1CCCCC1. The van der Waals surface area contributed by atoms with Crippen LogP contribution in [0.15, 0.2) is 24.5 Å². The van der Waals surface area contributed by atoms with Crippen LogP contribution in [0.25, 0.3) is 0 Å². The number of carbonyl (C=O) groups is 1. The summed E-state index contributed by atoms with van der Waals surface area (Å²) in [6.45, 7) is 3.71. The Bertz CT molecular complexity index is 767. The highest BCUT2D eigenvalue weighted by Gasteiger charge is 2.25. The van der Waals surface area contributed by atoms with Crippen molar-refractivity contribution in [2.45, 2.75) is 38.9 Å². The Balaban J connectivity index is 1.51. The third-order valence-electron chi connectivity index (χ3n) is 5.01. The molecule has 0 bridgehead atoms. The first-order chi connectivity index (χ1) is 12.3. The molecule has 7 heteroatoms. The van der Waals surface area contributed by atoms with Crippen molar-refractivity contribution in [1.29, 1.82) is 0 Å². The van der Waals surface area contributed by atoms with Crippen molar-refractivity contribution in [2.24, 2.45) is 0 Å². The van der Waals surface area contributed by atoms with Crippen LogP contribution in [0, 0.1) is 0 Å². The van der Waals surface area contributed by atoms with Gasteiger partial charge in [0.1, 0.15) is 5.82 Å². The fraction of sp³-hybridized carbons (Fsp3) is 0.500. The third-order valence-corrected chi connectivity index (χ3v) is 5.01. The van der Waals surface area contributed by atoms with Gasteiger partial charge in [0.25, 0.3) is 5.91 Å². The van der Waals surface area contributed by atoms with Gasteiger partial charge in [0.15, 0.2) is 0 Å². The predicted octanol–water partition coefficient (Wildman–Crippen LogP) is 1.42. The van der Waals surface area contributed by atoms with E-state index in [2.05, 4.69) is 15.0 Å². The number of hydrogen-bond donors (Lipinski definition) is 1. The van der Waals surface area contributed by atoms with Gasteiger partial charge in [-0.05, 0) is 31.4 Å². The Morgan fingerprint density at radius 3 is 2.84 bits per heavy atom. The molecule has 0 atom stereocenters. The van der Waals surface area contributed by atoms with E-state index < -0.39 is 0 Å². The zero-order valence-electron chi connectivity index (χ0n) is 14.3. The molecule has 2 aromatic heterocycles. The van der Waals surface area contributed by atoms with Gasteiger partial charge >= 0.3 is 0 Å². The molecule has 0 aliphatic carbocycles. The fourth-order valence-electron chi connectivity index (χ4n) is 3.66. The van der Waals surface area contributed by atoms with Crippen LogP contribution in [0.1, 0.15) is 40.9 Å². The average molecular weight is 341 g/mol. The minimum Gasteiger partial charge on any atom is -0.394 e. The maximum Gasteiger partial charge on any atom is 0.254 e. The summed E-state index contributed by atoms with van der Waals surface area (Å²) in [6.07, 6.45) is 6.96. The van der Waals surface area contributed by atoms with Crippen molar-refractivity contribution in [3.63, 3.8) is 0 Å². The normalized spacial score (nSPS) is 17.0. The number of likely N-dealkylation sites (tertiary alicyclic amines) is 1. The summed E-state index contributed by atoms with van der Waals surface area (Å²) in [7, 11) is 0. The number of amides is 1. The Morgan fingerprint density at radius 1 is 1.20 bits per heavy atom. The molecule has 0 saturated carbocycles. The van der Waals surface area contributed by atoms with Crippen LogP contribution >= 0.6 is 0 Å². The molecular weight excluding hydrogens is 318 g/mol. The number of nitrogens with zero attached hydrogens (tertiary/aromatic N) is 5. The highest BCUT2D eigenvalue weighted by molar-refractivity contribution is 5.94. The number of pyridine rings is 1. The average Bonchev–Trinajstić information content (AvgIpc) is 3.24. The second-order valence-electron chi connectivity index (χ2n) is 6.67. The van der Waals surface area contributed by atoms with Gasteiger partial charge in [-0.2, -0.15) is 5.10 Å². The molecule has 1 saturated heterocycles. The number of carbonyl (C=O) groups excluding carboxylic acids is 1. The minimum absolute atomic E-state index is 0.0756. The first-order valence-corrected chi connectivity index (χ1v) is 8.91. The topological polar surface area (TPSA) is 74.5 Å². The van der Waals surface area contributed by atoms with Gasteiger partial charge in [0.05, 0.1) is 31.6 Å². The largest absolute Gasteiger partial charge is 0.394 e. The van der Waals surface area contributed by atoms with Gasteiger partial charge in [-0.15, -0.1) is 0 Å². The molecule has 7 nitrogen and oxygen atoms in total. The van der Waals surface area contributed by atoms with Crippen molar-refractivity contribution in [3.05, 3.63) is 41.3 Å². The molecule has 1 N–H and O–H groups in total. The molecule has 0 aromatic carbocycles. The van der Waals surface area contributed by atoms with Crippen molar-refractivity contribution in [2.75, 3.05) is 24.6 Å². The Hall–Kier alpha value is -2.41. The van der Waals surface area contributed by atoms with Crippen LogP contribution in [-0.2, 0) is 19.6 Å². The molecule has 2 aliphatic rings. The van der Waals surface area contributed by atoms with E-state index >= 15 is 0 Å². The van der Waals surface area contributed by atoms with Crippen molar-refractivity contribution in [3.8, 4) is 0 Å². The Morgan fingerprint density at radius 2 is 2.04 bits per heavy atom. The summed E-state index contributed by atoms with van der Waals surface area (Å²) < 4.78 is 1.85. The summed E-state index contributed by atoms with van der Waals surface area (Å²) in [5.74, 6) is 0.918. The van der Waals surface area contributed by atoms with Crippen LogP contribution in [-0.4, -0.2) is 50.4 Å². The summed E-state index contributed by atoms with van der Waals surface area (Å²) in [4.78, 5) is 21.3. The van der Waals surface area contributed by atoms with Gasteiger partial charge in [-0.1, -0.05) is 0 Å². The van der Waals surface area contributed by atoms with Gasteiger partial charge in [-0.3, -0.25) is 9.48 Å². The summed E-state index contributed by atoms with van der Waals surface area (Å²) >= 11 is 0. The van der Waals surface area contributed by atoms with E-state index in [4.69, 9.17) is 5.11 Å². The molecule has 4 rings (SSSR count). The van der Waals surface area contributed by atoms with E-state index in [1.807, 2.05) is 21.8 Å². The maximum absolute atomic E-state index is 12.7. The van der Waals surface area contributed by atoms with Gasteiger partial charge < -0.3 is 14.9 Å². The minimum atomic E-state index is 0.0756. The van der Waals surface area contributed by atoms with Crippen molar-refractivity contribution >= 4 is 11.7 Å². The summed E-state index contributed by atoms with van der Waals surface area (Å²) in [6, 6.07) is 3.70. The lowest BCUT2D eigenvalue weighted by molar-refractivity contribution is 0.0724. The first kappa shape index (κ1) is 16.1. The van der Waals surface area contributed by atoms with Crippen molar-refractivity contribution in [1.82, 2.24) is 19.7 Å². The lowest BCUT2D eigenvalue weighted by Crippen LogP contribution is -2.35. The van der Waals surface area contributed by atoms with Gasteiger partial charge in [0, 0.05) is 37.0 Å². The molecule has 25 heavy (non-hydrogen) atoms. The highest BCUT2D eigenvalue weighted by Crippen LogP contribution is 2.27. The van der Waals surface area contributed by atoms with Crippen LogP contribution < -0.4 is 4.90 Å². The smallest absolute Gasteiger partial charge is 0.254 e. The molecule has 4 heterocycles. The van der Waals surface area contributed by atoms with Crippen LogP contribution in [0.4, 0.5) is 5.82 Å². The molecule has 0 spiro atoms. The second-order valence-corrected chi connectivity index (χ2v) is 6.67. The lowest BCUT2D eigenvalue weighted by atomic mass is 10.1. The van der Waals surface area contributed by atoms with Crippen LogP contribution in [0.2, 0.25) is 0 Å². The third kappa shape index (κ3) is 3.11. The van der Waals surface area contributed by atoms with E-state index in [0.717, 1.165) is 49.6 Å². The molecule has 2 aromatic rings. The van der Waals surface area contributed by atoms with Crippen molar-refractivity contribution < 1.29 is 9.90 Å². The number of aromatic nitrogens is 3. The number of rotatable bonds is 4. The number of piperidine rings is 1. The number of anilines is 1. The zero-order chi connectivity index (χ0) is 17.2. The van der Waals surface area contributed by atoms with Gasteiger partial charge in [-0.25, -0.2) is 4.98 Å². The summed E-state index contributed by atoms with van der Waals surface area (Å²) in [5.41, 5.74) is 2.98. The fourth-order valence-corrected chi connectivity index (χ4v) is 3.66. The number of fused-ring (bicyclic) bond motifs is 1. The number of hydrogen-bond acceptors (Lipinski definition) is 5.